The van der Waals surface area contributed by atoms with E-state index < -0.39 is 23.8 Å². The first kappa shape index (κ1) is 14.6. The van der Waals surface area contributed by atoms with Crippen LogP contribution in [0.15, 0.2) is 22.2 Å². The van der Waals surface area contributed by atoms with Crippen LogP contribution in [0.5, 0.6) is 0 Å². The highest BCUT2D eigenvalue weighted by Crippen LogP contribution is 2.31. The van der Waals surface area contributed by atoms with Gasteiger partial charge in [0.15, 0.2) is 5.84 Å². The quantitative estimate of drug-likeness (QED) is 0.749. The molecule has 1 aliphatic heterocycles. The number of rotatable bonds is 1. The largest absolute Gasteiger partial charge is 0.417 e. The van der Waals surface area contributed by atoms with Crippen LogP contribution in [0.25, 0.3) is 0 Å². The number of aromatic nitrogens is 1. The Morgan fingerprint density at radius 2 is 1.95 bits per heavy atom. The smallest absolute Gasteiger partial charge is 0.269 e. The molecule has 2 rings (SSSR count). The van der Waals surface area contributed by atoms with Gasteiger partial charge in [-0.3, -0.25) is 9.78 Å². The van der Waals surface area contributed by atoms with E-state index in [-0.39, 0.29) is 22.3 Å². The number of carbonyl (C=O) groups is 1. The number of halogens is 5. The van der Waals surface area contributed by atoms with Gasteiger partial charge >= 0.3 is 6.18 Å². The number of amides is 1. The van der Waals surface area contributed by atoms with Crippen molar-refractivity contribution in [2.75, 3.05) is 0 Å². The molecule has 0 N–H and O–H groups in total. The topological polar surface area (TPSA) is 54.7 Å². The number of nitrogens with zero attached hydrogens (tertiary/aromatic N) is 3. The molecule has 1 atom stereocenters. The second-order valence-electron chi connectivity index (χ2n) is 3.94. The molecule has 0 aromatic carbocycles. The van der Waals surface area contributed by atoms with Crippen LogP contribution < -0.4 is 0 Å². The number of pyridine rings is 1. The van der Waals surface area contributed by atoms with Crippen molar-refractivity contribution in [3.8, 4) is 0 Å². The van der Waals surface area contributed by atoms with E-state index in [9.17, 15) is 22.4 Å². The van der Waals surface area contributed by atoms with E-state index in [0.717, 1.165) is 0 Å². The molecule has 1 aromatic rings. The summed E-state index contributed by atoms with van der Waals surface area (Å²) in [7, 11) is 0. The fourth-order valence-electron chi connectivity index (χ4n) is 1.45. The predicted molar refractivity (Wildman–Crippen MR) is 63.8 cm³/mol. The number of aliphatic imine (C=N–C) groups is 2. The lowest BCUT2D eigenvalue weighted by atomic mass is 10.2. The zero-order valence-electron chi connectivity index (χ0n) is 9.87. The van der Waals surface area contributed by atoms with Gasteiger partial charge in [0.05, 0.1) is 16.3 Å². The first-order chi connectivity index (χ1) is 9.20. The number of alkyl halides is 4. The van der Waals surface area contributed by atoms with Gasteiger partial charge in [-0.1, -0.05) is 11.6 Å². The van der Waals surface area contributed by atoms with Crippen LogP contribution in [0, 0.1) is 0 Å². The second-order valence-corrected chi connectivity index (χ2v) is 4.35. The first-order valence-electron chi connectivity index (χ1n) is 5.25. The maximum Gasteiger partial charge on any atom is 0.417 e. The van der Waals surface area contributed by atoms with E-state index in [0.29, 0.717) is 12.3 Å². The lowest BCUT2D eigenvalue weighted by Gasteiger charge is -2.13. The van der Waals surface area contributed by atoms with Gasteiger partial charge in [-0.05, 0) is 13.0 Å². The van der Waals surface area contributed by atoms with Gasteiger partial charge in [0.2, 0.25) is 6.17 Å². The van der Waals surface area contributed by atoms with Crippen molar-refractivity contribution >= 4 is 29.1 Å². The molecular weight excluding hydrogens is 302 g/mol. The molecule has 0 radical (unpaired) electrons. The van der Waals surface area contributed by atoms with E-state index in [1.807, 2.05) is 0 Å². The van der Waals surface area contributed by atoms with E-state index in [1.165, 1.54) is 6.92 Å². The van der Waals surface area contributed by atoms with Crippen LogP contribution in [0.3, 0.4) is 0 Å². The summed E-state index contributed by atoms with van der Waals surface area (Å²) in [6, 6.07) is 0.642. The Bertz CT molecular complexity index is 639. The first-order valence-corrected chi connectivity index (χ1v) is 5.63. The molecule has 2 heterocycles. The minimum atomic E-state index is -4.59. The van der Waals surface area contributed by atoms with Crippen molar-refractivity contribution in [1.29, 1.82) is 0 Å². The van der Waals surface area contributed by atoms with Gasteiger partial charge in [-0.15, -0.1) is 0 Å². The Balaban J connectivity index is 2.46. The van der Waals surface area contributed by atoms with Crippen molar-refractivity contribution in [3.63, 3.8) is 0 Å². The molecule has 20 heavy (non-hydrogen) atoms. The average Bonchev–Trinajstić information content (AvgIpc) is 2.34. The van der Waals surface area contributed by atoms with Crippen LogP contribution in [-0.2, 0) is 11.0 Å². The summed E-state index contributed by atoms with van der Waals surface area (Å²) in [5.41, 5.74) is -1.41. The zero-order chi connectivity index (χ0) is 15.1. The maximum absolute atomic E-state index is 13.2. The Kier molecular flexibility index (Phi) is 3.59. The highest BCUT2D eigenvalue weighted by atomic mass is 35.5. The summed E-state index contributed by atoms with van der Waals surface area (Å²) < 4.78 is 50.6. The fourth-order valence-corrected chi connectivity index (χ4v) is 1.70. The summed E-state index contributed by atoms with van der Waals surface area (Å²) in [5, 5.41) is -0.375. The molecule has 1 amide bonds. The van der Waals surface area contributed by atoms with Crippen molar-refractivity contribution in [2.45, 2.75) is 19.3 Å². The Morgan fingerprint density at radius 1 is 1.30 bits per heavy atom. The Hall–Kier alpha value is -1.83. The summed E-state index contributed by atoms with van der Waals surface area (Å²) in [6.07, 6.45) is -6.00. The van der Waals surface area contributed by atoms with Crippen molar-refractivity contribution in [2.24, 2.45) is 9.98 Å². The van der Waals surface area contributed by atoms with Gasteiger partial charge in [0.1, 0.15) is 5.69 Å². The van der Waals surface area contributed by atoms with Crippen LogP contribution >= 0.6 is 11.6 Å². The van der Waals surface area contributed by atoms with Gasteiger partial charge in [0, 0.05) is 6.20 Å². The Morgan fingerprint density at radius 3 is 2.45 bits per heavy atom. The zero-order valence-corrected chi connectivity index (χ0v) is 10.6. The summed E-state index contributed by atoms with van der Waals surface area (Å²) >= 11 is 5.68. The number of amidine groups is 1. The number of hydrogen-bond acceptors (Lipinski definition) is 3. The lowest BCUT2D eigenvalue weighted by Crippen LogP contribution is -2.28. The molecule has 1 aliphatic rings. The summed E-state index contributed by atoms with van der Waals surface area (Å²) in [4.78, 5) is 21.7. The van der Waals surface area contributed by atoms with Gasteiger partial charge in [-0.2, -0.15) is 18.2 Å². The highest BCUT2D eigenvalue weighted by Gasteiger charge is 2.33. The number of hydrogen-bond donors (Lipinski definition) is 0. The molecule has 0 bridgehead atoms. The minimum Gasteiger partial charge on any atom is -0.269 e. The van der Waals surface area contributed by atoms with E-state index in [1.54, 1.807) is 0 Å². The maximum atomic E-state index is 13.2. The van der Waals surface area contributed by atoms with E-state index >= 15 is 0 Å². The predicted octanol–water partition coefficient (Wildman–Crippen LogP) is 2.84. The molecule has 0 fully saturated rings. The minimum absolute atomic E-state index is 0.155. The van der Waals surface area contributed by atoms with Gasteiger partial charge in [0.25, 0.3) is 5.91 Å². The van der Waals surface area contributed by atoms with Gasteiger partial charge in [-0.25, -0.2) is 9.38 Å². The van der Waals surface area contributed by atoms with Crippen molar-refractivity contribution in [3.05, 3.63) is 28.5 Å². The van der Waals surface area contributed by atoms with E-state index in [4.69, 9.17) is 11.6 Å². The standard InChI is InChI=1S/C11H6ClF4N3O/c1-4-7(13)10(20)19-9(18-4)8-6(12)2-5(3-17-8)11(14,15)16/h2-3,7H,1H3. The van der Waals surface area contributed by atoms with Crippen LogP contribution in [0.2, 0.25) is 5.02 Å². The third-order valence-corrected chi connectivity index (χ3v) is 2.75. The fraction of sp³-hybridized carbons (Fsp3) is 0.273. The molecule has 106 valence electrons. The molecule has 1 aromatic heterocycles. The van der Waals surface area contributed by atoms with E-state index in [2.05, 4.69) is 15.0 Å². The molecular formula is C11H6ClF4N3O. The molecule has 0 aliphatic carbocycles. The SMILES string of the molecule is CC1=NC(c2ncc(C(F)(F)F)cc2Cl)=NC(=O)C1F. The third kappa shape index (κ3) is 2.69. The molecule has 1 unspecified atom stereocenters. The van der Waals surface area contributed by atoms with Gasteiger partial charge < -0.3 is 0 Å². The molecule has 0 spiro atoms. The monoisotopic (exact) mass is 307 g/mol. The van der Waals surface area contributed by atoms with Crippen molar-refractivity contribution in [1.82, 2.24) is 4.98 Å². The molecule has 4 nitrogen and oxygen atoms in total. The van der Waals surface area contributed by atoms with Crippen LogP contribution in [0.1, 0.15) is 18.2 Å². The highest BCUT2D eigenvalue weighted by molar-refractivity contribution is 6.35. The lowest BCUT2D eigenvalue weighted by molar-refractivity contribution is -0.137. The summed E-state index contributed by atoms with van der Waals surface area (Å²) in [5.74, 6) is -1.40. The molecule has 0 saturated heterocycles. The molecule has 9 heteroatoms. The normalized spacial score (nSPS) is 19.7. The number of carbonyl (C=O) groups excluding carboxylic acids is 1. The average molecular weight is 308 g/mol. The van der Waals surface area contributed by atoms with Crippen molar-refractivity contribution < 1.29 is 22.4 Å². The summed E-state index contributed by atoms with van der Waals surface area (Å²) in [6.45, 7) is 1.26. The van der Waals surface area contributed by atoms with Crippen LogP contribution in [-0.4, -0.2) is 28.6 Å². The van der Waals surface area contributed by atoms with Crippen LogP contribution in [0.4, 0.5) is 17.6 Å². The Labute approximate surface area is 115 Å². The second kappa shape index (κ2) is 4.93. The third-order valence-electron chi connectivity index (χ3n) is 2.46. The molecule has 0 saturated carbocycles.